The number of nitrogens with two attached hydrogens (primary N) is 1. The van der Waals surface area contributed by atoms with Gasteiger partial charge in [0, 0.05) is 35.5 Å². The summed E-state index contributed by atoms with van der Waals surface area (Å²) in [6.45, 7) is 1.05. The normalized spacial score (nSPS) is 22.1. The van der Waals surface area contributed by atoms with Gasteiger partial charge in [0.1, 0.15) is 23.7 Å². The van der Waals surface area contributed by atoms with Gasteiger partial charge in [-0.05, 0) is 18.9 Å². The Kier molecular flexibility index (Phi) is 7.91. The van der Waals surface area contributed by atoms with Gasteiger partial charge in [0.25, 0.3) is 17.6 Å². The SMILES string of the molecule is Nc1nc(/C(=N/OC2CCCOC2)C(=O)N[C@@H]2C(=O)N3C(C(=O)O)=C(C[n+]4cc(NC=O)n5ncccc54)CS[C@H]23)ns1. The molecule has 17 nitrogen and oxygen atoms in total. The fourth-order valence-electron chi connectivity index (χ4n) is 4.98. The first-order valence-electron chi connectivity index (χ1n) is 13.0. The highest BCUT2D eigenvalue weighted by Gasteiger charge is 2.54. The highest BCUT2D eigenvalue weighted by molar-refractivity contribution is 8.00. The summed E-state index contributed by atoms with van der Waals surface area (Å²) in [5.74, 6) is -2.04. The molecule has 0 aliphatic carbocycles. The van der Waals surface area contributed by atoms with Gasteiger partial charge < -0.3 is 25.7 Å². The average molecular weight is 630 g/mol. The first kappa shape index (κ1) is 28.5. The number of hydrogen-bond donors (Lipinski definition) is 4. The van der Waals surface area contributed by atoms with Crippen LogP contribution in [0.1, 0.15) is 18.7 Å². The van der Waals surface area contributed by atoms with E-state index in [0.717, 1.165) is 18.0 Å². The molecule has 2 fully saturated rings. The Bertz CT molecular complexity index is 1660. The molecule has 6 heterocycles. The van der Waals surface area contributed by atoms with Crippen molar-refractivity contribution in [3.63, 3.8) is 0 Å². The number of rotatable bonds is 10. The predicted octanol–water partition coefficient (Wildman–Crippen LogP) is -1.04. The highest BCUT2D eigenvalue weighted by Crippen LogP contribution is 2.40. The summed E-state index contributed by atoms with van der Waals surface area (Å²) in [4.78, 5) is 60.9. The number of carbonyl (C=O) groups is 4. The number of oxime groups is 1. The monoisotopic (exact) mass is 629 g/mol. The maximum absolute atomic E-state index is 13.3. The number of carbonyl (C=O) groups excluding carboxylic acids is 3. The predicted molar refractivity (Wildman–Crippen MR) is 151 cm³/mol. The van der Waals surface area contributed by atoms with E-state index in [2.05, 4.69) is 30.2 Å². The first-order chi connectivity index (χ1) is 20.9. The topological polar surface area (TPSA) is 220 Å². The van der Waals surface area contributed by atoms with Crippen LogP contribution in [0.2, 0.25) is 0 Å². The van der Waals surface area contributed by atoms with Gasteiger partial charge in [-0.3, -0.25) is 24.6 Å². The van der Waals surface area contributed by atoms with Gasteiger partial charge >= 0.3 is 11.6 Å². The minimum absolute atomic E-state index is 0.0557. The number of fused-ring (bicyclic) bond motifs is 2. The van der Waals surface area contributed by atoms with Crippen LogP contribution in [0.4, 0.5) is 10.9 Å². The zero-order valence-corrected chi connectivity index (χ0v) is 23.9. The molecule has 3 aliphatic heterocycles. The second-order valence-corrected chi connectivity index (χ2v) is 11.5. The molecule has 6 rings (SSSR count). The number of thioether (sulfide) groups is 1. The largest absolute Gasteiger partial charge is 0.477 e. The minimum atomic E-state index is -1.28. The number of carboxylic acids is 1. The number of carboxylic acid groups (broad SMARTS) is 1. The van der Waals surface area contributed by atoms with Crippen molar-refractivity contribution in [2.24, 2.45) is 5.16 Å². The molecule has 0 saturated carbocycles. The van der Waals surface area contributed by atoms with E-state index >= 15 is 0 Å². The number of anilines is 2. The molecule has 3 aromatic rings. The van der Waals surface area contributed by atoms with Crippen LogP contribution < -0.4 is 20.9 Å². The van der Waals surface area contributed by atoms with Gasteiger partial charge in [0.2, 0.25) is 17.9 Å². The third-order valence-corrected chi connectivity index (χ3v) is 8.80. The number of amides is 3. The van der Waals surface area contributed by atoms with E-state index in [1.807, 2.05) is 0 Å². The standard InChI is InChI=1S/C24H24N10O7S2/c25-24-29-19(31-43-24)16(30-41-13-3-2-6-40-9-13)20(36)28-17-21(37)33-18(23(38)39)12(10-42-22(17)33)7-32-8-14(26-11-35)34-15(32)4-1-5-27-34/h1,4-5,8,11,13,17,22H,2-3,6-7,9-10H2,(H4-,25,26,27,28,29,31,35,36,38,39)/p+1/b30-16-/t13?,17-,22-/m1/s1. The zero-order valence-electron chi connectivity index (χ0n) is 22.3. The van der Waals surface area contributed by atoms with Crippen molar-refractivity contribution in [1.82, 2.24) is 29.2 Å². The lowest BCUT2D eigenvalue weighted by atomic mass is 10.0. The van der Waals surface area contributed by atoms with E-state index < -0.39 is 29.2 Å². The number of aromatic nitrogens is 5. The quantitative estimate of drug-likeness (QED) is 0.0695. The summed E-state index contributed by atoms with van der Waals surface area (Å²) >= 11 is 2.18. The molecule has 2 saturated heterocycles. The Morgan fingerprint density at radius 1 is 1.40 bits per heavy atom. The van der Waals surface area contributed by atoms with Gasteiger partial charge in [-0.1, -0.05) is 14.8 Å². The third kappa shape index (κ3) is 5.48. The van der Waals surface area contributed by atoms with Crippen LogP contribution in [-0.2, 0) is 35.3 Å². The number of aliphatic carboxylic acids is 1. The smallest absolute Gasteiger partial charge is 0.352 e. The summed E-state index contributed by atoms with van der Waals surface area (Å²) in [5.41, 5.74) is 6.36. The molecule has 5 N–H and O–H groups in total. The number of imidazole rings is 1. The number of nitrogens with one attached hydrogen (secondary N) is 2. The van der Waals surface area contributed by atoms with E-state index in [4.69, 9.17) is 15.3 Å². The van der Waals surface area contributed by atoms with Crippen LogP contribution in [0, 0.1) is 0 Å². The van der Waals surface area contributed by atoms with Crippen LogP contribution in [0.25, 0.3) is 5.65 Å². The molecular formula is C24H25N10O7S2+. The Balaban J connectivity index is 1.22. The van der Waals surface area contributed by atoms with Crippen molar-refractivity contribution in [1.29, 1.82) is 0 Å². The summed E-state index contributed by atoms with van der Waals surface area (Å²) in [6, 6.07) is 2.45. The van der Waals surface area contributed by atoms with Crippen molar-refractivity contribution < 1.29 is 38.4 Å². The molecule has 224 valence electrons. The molecule has 19 heteroatoms. The minimum Gasteiger partial charge on any atom is -0.477 e. The van der Waals surface area contributed by atoms with E-state index in [9.17, 15) is 24.3 Å². The van der Waals surface area contributed by atoms with Gasteiger partial charge in [-0.15, -0.1) is 11.8 Å². The molecule has 3 aromatic heterocycles. The van der Waals surface area contributed by atoms with Crippen molar-refractivity contribution >= 4 is 69.8 Å². The average Bonchev–Trinajstić information content (AvgIpc) is 3.59. The number of hydrogen-bond acceptors (Lipinski definition) is 13. The molecule has 0 aromatic carbocycles. The molecule has 0 bridgehead atoms. The summed E-state index contributed by atoms with van der Waals surface area (Å²) in [5, 5.41) is 23.0. The van der Waals surface area contributed by atoms with E-state index in [0.29, 0.717) is 43.1 Å². The molecule has 3 amide bonds. The molecule has 3 aliphatic rings. The Labute approximate surface area is 250 Å². The van der Waals surface area contributed by atoms with Gasteiger partial charge in [0.15, 0.2) is 17.4 Å². The second kappa shape index (κ2) is 11.9. The number of nitrogen functional groups attached to an aromatic ring is 1. The molecule has 0 radical (unpaired) electrons. The zero-order chi connectivity index (χ0) is 30.1. The van der Waals surface area contributed by atoms with Crippen LogP contribution in [0.3, 0.4) is 0 Å². The lowest BCUT2D eigenvalue weighted by Crippen LogP contribution is -2.71. The molecular weight excluding hydrogens is 604 g/mol. The second-order valence-electron chi connectivity index (χ2n) is 9.66. The van der Waals surface area contributed by atoms with Crippen LogP contribution in [0.15, 0.2) is 41.0 Å². The molecule has 1 unspecified atom stereocenters. The van der Waals surface area contributed by atoms with Gasteiger partial charge in [-0.25, -0.2) is 9.36 Å². The number of ether oxygens (including phenoxy) is 1. The summed E-state index contributed by atoms with van der Waals surface area (Å²) < 4.78 is 12.7. The van der Waals surface area contributed by atoms with Crippen LogP contribution >= 0.6 is 23.3 Å². The van der Waals surface area contributed by atoms with Crippen molar-refractivity contribution in [3.05, 3.63) is 41.6 Å². The number of β-lactam (4-membered cyclic amide) rings is 1. The Morgan fingerprint density at radius 2 is 2.26 bits per heavy atom. The number of nitrogens with zero attached hydrogens (tertiary/aromatic N) is 7. The van der Waals surface area contributed by atoms with E-state index in [1.54, 1.807) is 29.1 Å². The van der Waals surface area contributed by atoms with Gasteiger partial charge in [-0.2, -0.15) is 9.36 Å². The van der Waals surface area contributed by atoms with Crippen molar-refractivity contribution in [3.8, 4) is 0 Å². The maximum atomic E-state index is 13.3. The summed E-state index contributed by atoms with van der Waals surface area (Å²) in [7, 11) is 0. The molecule has 0 spiro atoms. The van der Waals surface area contributed by atoms with Crippen molar-refractivity contribution in [2.75, 3.05) is 30.0 Å². The van der Waals surface area contributed by atoms with Crippen LogP contribution in [-0.4, -0.2) is 95.4 Å². The van der Waals surface area contributed by atoms with Crippen molar-refractivity contribution in [2.45, 2.75) is 36.9 Å². The molecule has 43 heavy (non-hydrogen) atoms. The maximum Gasteiger partial charge on any atom is 0.352 e. The van der Waals surface area contributed by atoms with Gasteiger partial charge in [0.05, 0.1) is 12.8 Å². The lowest BCUT2D eigenvalue weighted by Gasteiger charge is -2.49. The van der Waals surface area contributed by atoms with E-state index in [1.165, 1.54) is 21.2 Å². The Morgan fingerprint density at radius 3 is 2.98 bits per heavy atom. The molecule has 3 atom stereocenters. The third-order valence-electron chi connectivity index (χ3n) is 6.92. The fraction of sp³-hybridized carbons (Fsp3) is 0.375. The fourth-order valence-corrected chi connectivity index (χ4v) is 6.75. The highest BCUT2D eigenvalue weighted by atomic mass is 32.2. The van der Waals surface area contributed by atoms with Crippen LogP contribution in [0.5, 0.6) is 0 Å². The lowest BCUT2D eigenvalue weighted by molar-refractivity contribution is -0.662. The first-order valence-corrected chi connectivity index (χ1v) is 14.9. The summed E-state index contributed by atoms with van der Waals surface area (Å²) in [6.07, 6.45) is 4.81. The van der Waals surface area contributed by atoms with E-state index in [-0.39, 0.29) is 40.8 Å². The Hall–Kier alpha value is -4.62.